The number of oxazole rings is 1. The molecule has 0 aliphatic carbocycles. The summed E-state index contributed by atoms with van der Waals surface area (Å²) >= 11 is 6.45. The Morgan fingerprint density at radius 3 is 3.06 bits per heavy atom. The number of hydrogen-bond acceptors (Lipinski definition) is 3. The van der Waals surface area contributed by atoms with E-state index in [4.69, 9.17) is 20.8 Å². The quantitative estimate of drug-likeness (QED) is 0.785. The fourth-order valence-electron chi connectivity index (χ4n) is 2.38. The molecule has 1 saturated heterocycles. The minimum atomic E-state index is -0.350. The Morgan fingerprint density at radius 2 is 2.33 bits per heavy atom. The lowest BCUT2D eigenvalue weighted by Gasteiger charge is -2.15. The Bertz CT molecular complexity index is 625. The number of halogens is 1. The summed E-state index contributed by atoms with van der Waals surface area (Å²) in [7, 11) is 1.69. The molecule has 18 heavy (non-hydrogen) atoms. The van der Waals surface area contributed by atoms with Gasteiger partial charge in [0.1, 0.15) is 0 Å². The summed E-state index contributed by atoms with van der Waals surface area (Å²) < 4.78 is 12.0. The number of rotatable bonds is 2. The van der Waals surface area contributed by atoms with Crippen LogP contribution in [-0.4, -0.2) is 17.8 Å². The van der Waals surface area contributed by atoms with Gasteiger partial charge < -0.3 is 9.15 Å². The lowest BCUT2D eigenvalue weighted by Crippen LogP contribution is -2.08. The first-order chi connectivity index (χ1) is 8.66. The summed E-state index contributed by atoms with van der Waals surface area (Å²) in [6, 6.07) is 5.68. The molecule has 4 nitrogen and oxygen atoms in total. The molecule has 0 radical (unpaired) electrons. The zero-order valence-corrected chi connectivity index (χ0v) is 10.8. The number of benzene rings is 1. The molecule has 0 amide bonds. The Kier molecular flexibility index (Phi) is 2.92. The maximum Gasteiger partial charge on any atom is 0.419 e. The van der Waals surface area contributed by atoms with E-state index in [9.17, 15) is 4.79 Å². The molecule has 2 aromatic rings. The summed E-state index contributed by atoms with van der Waals surface area (Å²) in [4.78, 5) is 11.4. The van der Waals surface area contributed by atoms with E-state index in [1.165, 1.54) is 4.57 Å². The van der Waals surface area contributed by atoms with Crippen molar-refractivity contribution in [1.29, 1.82) is 0 Å². The number of nitrogens with zero attached hydrogens (tertiary/aromatic N) is 1. The van der Waals surface area contributed by atoms with Crippen LogP contribution in [0.4, 0.5) is 0 Å². The molecule has 2 unspecified atom stereocenters. The van der Waals surface area contributed by atoms with Crippen LogP contribution in [0.1, 0.15) is 17.4 Å². The third-order valence-electron chi connectivity index (χ3n) is 3.51. The second-order valence-corrected chi connectivity index (χ2v) is 5.15. The number of fused-ring (bicyclic) bond motifs is 1. The van der Waals surface area contributed by atoms with Gasteiger partial charge in [-0.05, 0) is 24.1 Å². The maximum absolute atomic E-state index is 11.4. The molecule has 0 bridgehead atoms. The monoisotopic (exact) mass is 267 g/mol. The highest BCUT2D eigenvalue weighted by atomic mass is 35.5. The van der Waals surface area contributed by atoms with Gasteiger partial charge in [-0.1, -0.05) is 6.07 Å². The van der Waals surface area contributed by atoms with E-state index in [1.54, 1.807) is 7.05 Å². The highest BCUT2D eigenvalue weighted by molar-refractivity contribution is 6.21. The largest absolute Gasteiger partial charge is 0.419 e. The van der Waals surface area contributed by atoms with Crippen molar-refractivity contribution in [3.63, 3.8) is 0 Å². The normalized spacial score (nSPS) is 21.6. The molecule has 1 aromatic heterocycles. The summed E-state index contributed by atoms with van der Waals surface area (Å²) in [6.45, 7) is 1.47. The zero-order chi connectivity index (χ0) is 12.7. The first-order valence-corrected chi connectivity index (χ1v) is 6.42. The molecular weight excluding hydrogens is 254 g/mol. The first kappa shape index (κ1) is 11.8. The lowest BCUT2D eigenvalue weighted by atomic mass is 9.98. The van der Waals surface area contributed by atoms with Crippen LogP contribution in [0.3, 0.4) is 0 Å². The van der Waals surface area contributed by atoms with E-state index in [0.29, 0.717) is 18.1 Å². The minimum Gasteiger partial charge on any atom is -0.408 e. The van der Waals surface area contributed by atoms with Crippen molar-refractivity contribution >= 4 is 22.7 Å². The summed E-state index contributed by atoms with van der Waals surface area (Å²) in [6.07, 6.45) is 0.977. The third-order valence-corrected chi connectivity index (χ3v) is 4.12. The Balaban J connectivity index is 2.00. The molecule has 2 heterocycles. The van der Waals surface area contributed by atoms with Crippen LogP contribution in [0, 0.1) is 5.92 Å². The molecule has 0 N–H and O–H groups in total. The Morgan fingerprint density at radius 1 is 1.50 bits per heavy atom. The highest BCUT2D eigenvalue weighted by Gasteiger charge is 2.25. The first-order valence-electron chi connectivity index (χ1n) is 5.98. The van der Waals surface area contributed by atoms with E-state index < -0.39 is 0 Å². The van der Waals surface area contributed by atoms with Crippen molar-refractivity contribution in [2.75, 3.05) is 13.2 Å². The van der Waals surface area contributed by atoms with Crippen molar-refractivity contribution in [1.82, 2.24) is 4.57 Å². The lowest BCUT2D eigenvalue weighted by molar-refractivity contribution is 0.185. The second-order valence-electron chi connectivity index (χ2n) is 4.68. The van der Waals surface area contributed by atoms with Gasteiger partial charge in [0.05, 0.1) is 17.5 Å². The molecule has 3 rings (SSSR count). The standard InChI is InChI=1S/C13H14ClNO3/c1-15-10-3-2-8(6-11(10)18-13(15)16)12(14)9-4-5-17-7-9/h2-3,6,9,12H,4-5,7H2,1H3. The molecule has 0 spiro atoms. The predicted octanol–water partition coefficient (Wildman–Crippen LogP) is 2.45. The van der Waals surface area contributed by atoms with Crippen molar-refractivity contribution in [2.45, 2.75) is 11.8 Å². The zero-order valence-electron chi connectivity index (χ0n) is 10.1. The molecular formula is C13H14ClNO3. The van der Waals surface area contributed by atoms with Crippen LogP contribution < -0.4 is 5.76 Å². The Hall–Kier alpha value is -1.26. The second kappa shape index (κ2) is 4.44. The smallest absolute Gasteiger partial charge is 0.408 e. The van der Waals surface area contributed by atoms with Crippen LogP contribution in [0.15, 0.2) is 27.4 Å². The van der Waals surface area contributed by atoms with Crippen LogP contribution in [0.25, 0.3) is 11.1 Å². The number of aryl methyl sites for hydroxylation is 1. The average molecular weight is 268 g/mol. The van der Waals surface area contributed by atoms with Gasteiger partial charge in [0.25, 0.3) is 0 Å². The number of alkyl halides is 1. The highest BCUT2D eigenvalue weighted by Crippen LogP contribution is 2.35. The van der Waals surface area contributed by atoms with E-state index in [2.05, 4.69) is 0 Å². The van der Waals surface area contributed by atoms with Crippen molar-refractivity contribution in [2.24, 2.45) is 13.0 Å². The fraction of sp³-hybridized carbons (Fsp3) is 0.462. The number of hydrogen-bond donors (Lipinski definition) is 0. The van der Waals surface area contributed by atoms with Gasteiger partial charge in [0.15, 0.2) is 5.58 Å². The predicted molar refractivity (Wildman–Crippen MR) is 69.0 cm³/mol. The van der Waals surface area contributed by atoms with Gasteiger partial charge in [0.2, 0.25) is 0 Å². The average Bonchev–Trinajstić information content (AvgIpc) is 2.98. The topological polar surface area (TPSA) is 44.4 Å². The SMILES string of the molecule is Cn1c(=O)oc2cc(C(Cl)C3CCOC3)ccc21. The van der Waals surface area contributed by atoms with E-state index in [0.717, 1.165) is 24.1 Å². The molecule has 1 aliphatic heterocycles. The number of ether oxygens (including phenoxy) is 1. The Labute approximate surface area is 109 Å². The summed E-state index contributed by atoms with van der Waals surface area (Å²) in [5.41, 5.74) is 2.36. The van der Waals surface area contributed by atoms with Gasteiger partial charge in [-0.15, -0.1) is 11.6 Å². The molecule has 1 aromatic carbocycles. The van der Waals surface area contributed by atoms with Gasteiger partial charge in [0, 0.05) is 19.6 Å². The molecule has 1 aliphatic rings. The van der Waals surface area contributed by atoms with Gasteiger partial charge in [-0.3, -0.25) is 4.57 Å². The van der Waals surface area contributed by atoms with E-state index >= 15 is 0 Å². The molecule has 5 heteroatoms. The molecule has 0 saturated carbocycles. The van der Waals surface area contributed by atoms with Gasteiger partial charge in [-0.25, -0.2) is 4.79 Å². The maximum atomic E-state index is 11.4. The van der Waals surface area contributed by atoms with E-state index in [-0.39, 0.29) is 11.1 Å². The minimum absolute atomic E-state index is 0.0950. The van der Waals surface area contributed by atoms with Crippen LogP contribution in [0.5, 0.6) is 0 Å². The van der Waals surface area contributed by atoms with Crippen molar-refractivity contribution in [3.8, 4) is 0 Å². The van der Waals surface area contributed by atoms with Crippen molar-refractivity contribution in [3.05, 3.63) is 34.3 Å². The van der Waals surface area contributed by atoms with Crippen LogP contribution in [0.2, 0.25) is 0 Å². The van der Waals surface area contributed by atoms with E-state index in [1.807, 2.05) is 18.2 Å². The summed E-state index contributed by atoms with van der Waals surface area (Å²) in [5.74, 6) is -0.0166. The van der Waals surface area contributed by atoms with Crippen molar-refractivity contribution < 1.29 is 9.15 Å². The fourth-order valence-corrected chi connectivity index (χ4v) is 2.71. The van der Waals surface area contributed by atoms with Gasteiger partial charge >= 0.3 is 5.76 Å². The molecule has 2 atom stereocenters. The van der Waals surface area contributed by atoms with Gasteiger partial charge in [-0.2, -0.15) is 0 Å². The third kappa shape index (κ3) is 1.85. The molecule has 1 fully saturated rings. The summed E-state index contributed by atoms with van der Waals surface area (Å²) in [5, 5.41) is -0.0950. The van der Waals surface area contributed by atoms with Crippen LogP contribution >= 0.6 is 11.6 Å². The number of aromatic nitrogens is 1. The van der Waals surface area contributed by atoms with Crippen LogP contribution in [-0.2, 0) is 11.8 Å². The molecule has 96 valence electrons.